The second-order valence-corrected chi connectivity index (χ2v) is 7.32. The molecule has 0 saturated carbocycles. The van der Waals surface area contributed by atoms with Crippen LogP contribution in [0.4, 0.5) is 4.39 Å². The maximum Gasteiger partial charge on any atom is 0.224 e. The second kappa shape index (κ2) is 8.14. The Kier molecular flexibility index (Phi) is 5.88. The third-order valence-corrected chi connectivity index (χ3v) is 5.07. The van der Waals surface area contributed by atoms with Gasteiger partial charge in [0.1, 0.15) is 5.82 Å². The number of benzene rings is 1. The quantitative estimate of drug-likeness (QED) is 0.841. The largest absolute Gasteiger partial charge is 0.375 e. The van der Waals surface area contributed by atoms with Crippen molar-refractivity contribution in [2.24, 2.45) is 0 Å². The summed E-state index contributed by atoms with van der Waals surface area (Å²) >= 11 is 0. The standard InChI is InChI=1S/C19H26FN3O3/c1-22(2)19(25)9-16-11-23-10-14(8-15(23)12-26-16)21-18(24)7-13-5-3-4-6-17(13)20/h3-6,14-16H,7-12H2,1-2H3,(H,21,24)/t14-,15+,16+/m1/s1. The predicted molar refractivity (Wildman–Crippen MR) is 95.1 cm³/mol. The van der Waals surface area contributed by atoms with E-state index in [1.165, 1.54) is 6.07 Å². The summed E-state index contributed by atoms with van der Waals surface area (Å²) in [6.07, 6.45) is 1.14. The van der Waals surface area contributed by atoms with E-state index in [0.29, 0.717) is 25.1 Å². The lowest BCUT2D eigenvalue weighted by Crippen LogP contribution is -2.47. The molecule has 1 aromatic carbocycles. The maximum atomic E-state index is 13.7. The molecule has 142 valence electrons. The summed E-state index contributed by atoms with van der Waals surface area (Å²) in [6.45, 7) is 2.01. The Balaban J connectivity index is 1.48. The lowest BCUT2D eigenvalue weighted by atomic mass is 10.1. The molecule has 0 spiro atoms. The maximum absolute atomic E-state index is 13.7. The molecule has 2 aliphatic heterocycles. The molecule has 2 heterocycles. The average Bonchev–Trinajstić information content (AvgIpc) is 2.98. The van der Waals surface area contributed by atoms with Gasteiger partial charge in [0.05, 0.1) is 25.6 Å². The van der Waals surface area contributed by atoms with Gasteiger partial charge in [-0.1, -0.05) is 18.2 Å². The van der Waals surface area contributed by atoms with Crippen LogP contribution in [-0.4, -0.2) is 73.6 Å². The van der Waals surface area contributed by atoms with Crippen molar-refractivity contribution in [1.29, 1.82) is 0 Å². The monoisotopic (exact) mass is 363 g/mol. The second-order valence-electron chi connectivity index (χ2n) is 7.32. The molecule has 7 heteroatoms. The van der Waals surface area contributed by atoms with Crippen LogP contribution in [0.5, 0.6) is 0 Å². The van der Waals surface area contributed by atoms with Crippen LogP contribution < -0.4 is 5.32 Å². The summed E-state index contributed by atoms with van der Waals surface area (Å²) in [5, 5.41) is 3.01. The van der Waals surface area contributed by atoms with Crippen molar-refractivity contribution in [2.75, 3.05) is 33.8 Å². The summed E-state index contributed by atoms with van der Waals surface area (Å²) in [5.41, 5.74) is 0.409. The normalized spacial score (nSPS) is 25.6. The van der Waals surface area contributed by atoms with E-state index in [0.717, 1.165) is 13.0 Å². The first-order valence-corrected chi connectivity index (χ1v) is 9.01. The molecule has 0 aliphatic carbocycles. The Labute approximate surface area is 153 Å². The van der Waals surface area contributed by atoms with Crippen molar-refractivity contribution in [2.45, 2.75) is 37.5 Å². The SMILES string of the molecule is CN(C)C(=O)C[C@H]1CN2C[C@H](NC(=O)Cc3ccccc3F)C[C@H]2CO1. The first-order valence-electron chi connectivity index (χ1n) is 9.01. The summed E-state index contributed by atoms with van der Waals surface area (Å²) < 4.78 is 19.5. The number of rotatable bonds is 5. The van der Waals surface area contributed by atoms with Gasteiger partial charge in [-0.2, -0.15) is 0 Å². The van der Waals surface area contributed by atoms with Crippen molar-refractivity contribution in [1.82, 2.24) is 15.1 Å². The van der Waals surface area contributed by atoms with Gasteiger partial charge in [0.25, 0.3) is 0 Å². The molecule has 0 radical (unpaired) electrons. The Morgan fingerprint density at radius 2 is 2.08 bits per heavy atom. The van der Waals surface area contributed by atoms with Crippen LogP contribution in [0.1, 0.15) is 18.4 Å². The molecule has 1 aromatic rings. The van der Waals surface area contributed by atoms with Crippen LogP contribution in [0.2, 0.25) is 0 Å². The molecule has 2 amide bonds. The average molecular weight is 363 g/mol. The number of amides is 2. The highest BCUT2D eigenvalue weighted by molar-refractivity contribution is 5.79. The van der Waals surface area contributed by atoms with Crippen LogP contribution in [-0.2, 0) is 20.7 Å². The lowest BCUT2D eigenvalue weighted by molar-refractivity contribution is -0.134. The fraction of sp³-hybridized carbons (Fsp3) is 0.579. The Morgan fingerprint density at radius 1 is 1.31 bits per heavy atom. The van der Waals surface area contributed by atoms with Crippen molar-refractivity contribution < 1.29 is 18.7 Å². The first kappa shape index (κ1) is 18.8. The Bertz CT molecular complexity index is 667. The number of nitrogens with one attached hydrogen (secondary N) is 1. The van der Waals surface area contributed by atoms with Crippen molar-refractivity contribution >= 4 is 11.8 Å². The number of carbonyl (C=O) groups excluding carboxylic acids is 2. The summed E-state index contributed by atoms with van der Waals surface area (Å²) in [5.74, 6) is -0.462. The highest BCUT2D eigenvalue weighted by atomic mass is 19.1. The number of morpholine rings is 1. The number of carbonyl (C=O) groups is 2. The number of ether oxygens (including phenoxy) is 1. The Morgan fingerprint density at radius 3 is 2.81 bits per heavy atom. The zero-order valence-electron chi connectivity index (χ0n) is 15.3. The minimum absolute atomic E-state index is 0.0335. The molecule has 0 bridgehead atoms. The van der Waals surface area contributed by atoms with Gasteiger partial charge < -0.3 is 15.0 Å². The van der Waals surface area contributed by atoms with Gasteiger partial charge in [-0.3, -0.25) is 14.5 Å². The molecule has 1 N–H and O–H groups in total. The molecule has 3 rings (SSSR count). The van der Waals surface area contributed by atoms with E-state index in [4.69, 9.17) is 4.74 Å². The Hall–Kier alpha value is -1.99. The van der Waals surface area contributed by atoms with Gasteiger partial charge >= 0.3 is 0 Å². The topological polar surface area (TPSA) is 61.9 Å². The molecular weight excluding hydrogens is 337 g/mol. The summed E-state index contributed by atoms with van der Waals surface area (Å²) in [4.78, 5) is 27.9. The van der Waals surface area contributed by atoms with E-state index in [2.05, 4.69) is 10.2 Å². The van der Waals surface area contributed by atoms with E-state index in [-0.39, 0.29) is 42.2 Å². The van der Waals surface area contributed by atoms with E-state index in [1.807, 2.05) is 0 Å². The summed E-state index contributed by atoms with van der Waals surface area (Å²) in [6, 6.07) is 6.64. The fourth-order valence-electron chi connectivity index (χ4n) is 3.64. The first-order chi connectivity index (χ1) is 12.4. The number of hydrogen-bond acceptors (Lipinski definition) is 4. The van der Waals surface area contributed by atoms with Gasteiger partial charge in [0, 0.05) is 39.3 Å². The van der Waals surface area contributed by atoms with E-state index in [1.54, 1.807) is 37.2 Å². The highest BCUT2D eigenvalue weighted by Crippen LogP contribution is 2.24. The lowest BCUT2D eigenvalue weighted by Gasteiger charge is -2.35. The van der Waals surface area contributed by atoms with Gasteiger partial charge in [0.15, 0.2) is 0 Å². The molecule has 6 nitrogen and oxygen atoms in total. The van der Waals surface area contributed by atoms with Crippen LogP contribution in [0.25, 0.3) is 0 Å². The van der Waals surface area contributed by atoms with E-state index >= 15 is 0 Å². The smallest absolute Gasteiger partial charge is 0.224 e. The molecule has 26 heavy (non-hydrogen) atoms. The number of hydrogen-bond donors (Lipinski definition) is 1. The van der Waals surface area contributed by atoms with Crippen molar-refractivity contribution in [3.63, 3.8) is 0 Å². The van der Waals surface area contributed by atoms with Crippen molar-refractivity contribution in [3.8, 4) is 0 Å². The van der Waals surface area contributed by atoms with Crippen LogP contribution in [0.3, 0.4) is 0 Å². The zero-order chi connectivity index (χ0) is 18.7. The molecular formula is C19H26FN3O3. The third kappa shape index (κ3) is 4.59. The van der Waals surface area contributed by atoms with Gasteiger partial charge in [-0.15, -0.1) is 0 Å². The molecule has 3 atom stereocenters. The molecule has 0 aromatic heterocycles. The van der Waals surface area contributed by atoms with Crippen LogP contribution in [0.15, 0.2) is 24.3 Å². The zero-order valence-corrected chi connectivity index (χ0v) is 15.3. The number of nitrogens with zero attached hydrogens (tertiary/aromatic N) is 2. The van der Waals surface area contributed by atoms with Gasteiger partial charge in [-0.05, 0) is 18.1 Å². The van der Waals surface area contributed by atoms with E-state index in [9.17, 15) is 14.0 Å². The van der Waals surface area contributed by atoms with Gasteiger partial charge in [0.2, 0.25) is 11.8 Å². The fourth-order valence-corrected chi connectivity index (χ4v) is 3.64. The molecule has 2 aliphatic rings. The minimum atomic E-state index is -0.353. The number of fused-ring (bicyclic) bond motifs is 1. The number of halogens is 1. The minimum Gasteiger partial charge on any atom is -0.375 e. The third-order valence-electron chi connectivity index (χ3n) is 5.07. The molecule has 2 saturated heterocycles. The van der Waals surface area contributed by atoms with Crippen LogP contribution >= 0.6 is 0 Å². The molecule has 0 unspecified atom stereocenters. The van der Waals surface area contributed by atoms with Crippen molar-refractivity contribution in [3.05, 3.63) is 35.6 Å². The predicted octanol–water partition coefficient (Wildman–Crippen LogP) is 0.804. The molecule has 2 fully saturated rings. The van der Waals surface area contributed by atoms with Crippen LogP contribution in [0, 0.1) is 5.82 Å². The summed E-state index contributed by atoms with van der Waals surface area (Å²) in [7, 11) is 3.48. The van der Waals surface area contributed by atoms with Gasteiger partial charge in [-0.25, -0.2) is 4.39 Å². The van der Waals surface area contributed by atoms with E-state index < -0.39 is 0 Å². The highest BCUT2D eigenvalue weighted by Gasteiger charge is 2.38.